The summed E-state index contributed by atoms with van der Waals surface area (Å²) in [5.41, 5.74) is 2.14. The van der Waals surface area contributed by atoms with Gasteiger partial charge in [0.25, 0.3) is 0 Å². The maximum absolute atomic E-state index is 10.1. The van der Waals surface area contributed by atoms with E-state index in [0.29, 0.717) is 23.6 Å². The van der Waals surface area contributed by atoms with Gasteiger partial charge in [-0.25, -0.2) is 0 Å². The first-order chi connectivity index (χ1) is 9.34. The molecule has 0 unspecified atom stereocenters. The number of para-hydroxylation sites is 1. The minimum absolute atomic E-state index is 0.306. The van der Waals surface area contributed by atoms with Crippen molar-refractivity contribution in [1.29, 1.82) is 0 Å². The minimum Gasteiger partial charge on any atom is -0.506 e. The molecule has 2 nitrogen and oxygen atoms in total. The lowest BCUT2D eigenvalue weighted by Crippen LogP contribution is -2.28. The molecular weight excluding hydrogens is 254 g/mol. The van der Waals surface area contributed by atoms with Gasteiger partial charge in [0.15, 0.2) is 0 Å². The molecule has 0 bridgehead atoms. The molecule has 1 aliphatic heterocycles. The number of thiophene rings is 1. The highest BCUT2D eigenvalue weighted by atomic mass is 32.1. The van der Waals surface area contributed by atoms with Gasteiger partial charge in [-0.2, -0.15) is 0 Å². The fourth-order valence-electron chi connectivity index (χ4n) is 3.35. The number of nitrogens with one attached hydrogen (secondary N) is 1. The molecule has 3 atom stereocenters. The Morgan fingerprint density at radius 2 is 2.16 bits per heavy atom. The molecule has 1 aromatic heterocycles. The number of phenolic OH excluding ortho intramolecular Hbond substituents is 1. The highest BCUT2D eigenvalue weighted by molar-refractivity contribution is 7.10. The van der Waals surface area contributed by atoms with Crippen molar-refractivity contribution in [1.82, 2.24) is 0 Å². The molecule has 19 heavy (non-hydrogen) atoms. The van der Waals surface area contributed by atoms with Crippen molar-refractivity contribution in [2.45, 2.75) is 18.4 Å². The molecular formula is C16H15NOS. The Morgan fingerprint density at radius 1 is 1.21 bits per heavy atom. The summed E-state index contributed by atoms with van der Waals surface area (Å²) in [6.45, 7) is 0. The third-order valence-electron chi connectivity index (χ3n) is 4.22. The molecule has 0 spiro atoms. The van der Waals surface area contributed by atoms with E-state index in [1.807, 2.05) is 6.07 Å². The Morgan fingerprint density at radius 3 is 3.00 bits per heavy atom. The van der Waals surface area contributed by atoms with Crippen molar-refractivity contribution in [3.05, 3.63) is 58.3 Å². The molecule has 1 aromatic carbocycles. The Balaban J connectivity index is 1.85. The Labute approximate surface area is 116 Å². The predicted octanol–water partition coefficient (Wildman–Crippen LogP) is 4.28. The Bertz CT molecular complexity index is 632. The van der Waals surface area contributed by atoms with Crippen molar-refractivity contribution in [2.24, 2.45) is 5.92 Å². The van der Waals surface area contributed by atoms with E-state index in [-0.39, 0.29) is 0 Å². The Hall–Kier alpha value is -1.74. The quantitative estimate of drug-likeness (QED) is 0.598. The van der Waals surface area contributed by atoms with Crippen LogP contribution in [0.3, 0.4) is 0 Å². The lowest BCUT2D eigenvalue weighted by atomic mass is 9.79. The van der Waals surface area contributed by atoms with E-state index in [1.165, 1.54) is 10.4 Å². The van der Waals surface area contributed by atoms with E-state index < -0.39 is 0 Å². The molecule has 0 fully saturated rings. The number of rotatable bonds is 1. The fraction of sp³-hybridized carbons (Fsp3) is 0.250. The Kier molecular flexibility index (Phi) is 2.42. The third kappa shape index (κ3) is 1.61. The normalized spacial score (nSPS) is 27.7. The average molecular weight is 269 g/mol. The maximum Gasteiger partial charge on any atom is 0.138 e. The van der Waals surface area contributed by atoms with Crippen LogP contribution in [0.15, 0.2) is 47.9 Å². The summed E-state index contributed by atoms with van der Waals surface area (Å²) in [6.07, 6.45) is 5.68. The maximum atomic E-state index is 10.1. The molecule has 0 saturated heterocycles. The van der Waals surface area contributed by atoms with Crippen LogP contribution in [-0.2, 0) is 0 Å². The first kappa shape index (κ1) is 11.1. The summed E-state index contributed by atoms with van der Waals surface area (Å²) in [7, 11) is 0. The van der Waals surface area contributed by atoms with Crippen molar-refractivity contribution in [3.8, 4) is 5.75 Å². The van der Waals surface area contributed by atoms with Crippen molar-refractivity contribution in [3.63, 3.8) is 0 Å². The highest BCUT2D eigenvalue weighted by Gasteiger charge is 2.39. The highest BCUT2D eigenvalue weighted by Crippen LogP contribution is 2.52. The summed E-state index contributed by atoms with van der Waals surface area (Å²) in [5.74, 6) is 1.35. The molecule has 2 aromatic rings. The van der Waals surface area contributed by atoms with Gasteiger partial charge in [0, 0.05) is 10.8 Å². The second-order valence-electron chi connectivity index (χ2n) is 5.23. The summed E-state index contributed by atoms with van der Waals surface area (Å²) in [5, 5.41) is 15.8. The molecule has 0 radical (unpaired) electrons. The number of anilines is 1. The van der Waals surface area contributed by atoms with Gasteiger partial charge in [-0.3, -0.25) is 0 Å². The molecule has 2 heterocycles. The van der Waals surface area contributed by atoms with E-state index in [4.69, 9.17) is 0 Å². The average Bonchev–Trinajstić information content (AvgIpc) is 3.10. The number of phenols is 1. The molecule has 2 aliphatic rings. The van der Waals surface area contributed by atoms with Crippen molar-refractivity contribution < 1.29 is 5.11 Å². The van der Waals surface area contributed by atoms with E-state index in [1.54, 1.807) is 17.4 Å². The smallest absolute Gasteiger partial charge is 0.138 e. The van der Waals surface area contributed by atoms with Gasteiger partial charge >= 0.3 is 0 Å². The number of allylic oxidation sites excluding steroid dienone is 2. The van der Waals surface area contributed by atoms with E-state index in [2.05, 4.69) is 41.0 Å². The summed E-state index contributed by atoms with van der Waals surface area (Å²) >= 11 is 1.79. The molecule has 0 amide bonds. The van der Waals surface area contributed by atoms with Crippen LogP contribution in [0, 0.1) is 5.92 Å². The van der Waals surface area contributed by atoms with Crippen LogP contribution in [0.1, 0.15) is 28.8 Å². The number of hydrogen-bond donors (Lipinski definition) is 2. The summed E-state index contributed by atoms with van der Waals surface area (Å²) in [6, 6.07) is 10.4. The van der Waals surface area contributed by atoms with Crippen molar-refractivity contribution >= 4 is 17.0 Å². The fourth-order valence-corrected chi connectivity index (χ4v) is 4.21. The van der Waals surface area contributed by atoms with Crippen LogP contribution in [0.4, 0.5) is 5.69 Å². The molecule has 2 N–H and O–H groups in total. The second-order valence-corrected chi connectivity index (χ2v) is 6.21. The zero-order valence-electron chi connectivity index (χ0n) is 10.4. The topological polar surface area (TPSA) is 32.3 Å². The van der Waals surface area contributed by atoms with Crippen LogP contribution in [0.5, 0.6) is 5.75 Å². The van der Waals surface area contributed by atoms with Crippen LogP contribution in [0.2, 0.25) is 0 Å². The van der Waals surface area contributed by atoms with Crippen LogP contribution >= 0.6 is 11.3 Å². The van der Waals surface area contributed by atoms with E-state index in [0.717, 1.165) is 12.1 Å². The number of benzene rings is 1. The largest absolute Gasteiger partial charge is 0.506 e. The lowest BCUT2D eigenvalue weighted by molar-refractivity contribution is 0.419. The molecule has 3 heteroatoms. The van der Waals surface area contributed by atoms with Gasteiger partial charge in [0.05, 0.1) is 11.7 Å². The molecule has 96 valence electrons. The minimum atomic E-state index is 0.306. The third-order valence-corrected chi connectivity index (χ3v) is 5.18. The van der Waals surface area contributed by atoms with Gasteiger partial charge in [-0.15, -0.1) is 11.3 Å². The van der Waals surface area contributed by atoms with Gasteiger partial charge in [0.2, 0.25) is 0 Å². The predicted molar refractivity (Wildman–Crippen MR) is 78.8 cm³/mol. The van der Waals surface area contributed by atoms with E-state index in [9.17, 15) is 5.11 Å². The zero-order chi connectivity index (χ0) is 12.8. The van der Waals surface area contributed by atoms with Gasteiger partial charge < -0.3 is 10.4 Å². The van der Waals surface area contributed by atoms with Crippen LogP contribution in [-0.4, -0.2) is 5.11 Å². The first-order valence-electron chi connectivity index (χ1n) is 6.63. The standard InChI is InChI=1S/C16H15NOS/c18-13-7-2-6-11-10-4-1-5-12(10)16(17-15(11)13)14-8-3-9-19-14/h1-4,6-10,12,16-18H,5H2/t10-,12-,16+/m1/s1. The molecule has 0 saturated carbocycles. The molecule has 4 rings (SSSR count). The van der Waals surface area contributed by atoms with E-state index >= 15 is 0 Å². The number of hydrogen-bond acceptors (Lipinski definition) is 3. The van der Waals surface area contributed by atoms with Crippen molar-refractivity contribution in [2.75, 3.05) is 5.32 Å². The SMILES string of the molecule is Oc1cccc2c1N[C@H](c1cccs1)[C@@H]1CC=C[C@H]21. The van der Waals surface area contributed by atoms with Gasteiger partial charge in [0.1, 0.15) is 5.75 Å². The van der Waals surface area contributed by atoms with Crippen LogP contribution in [0.25, 0.3) is 0 Å². The zero-order valence-corrected chi connectivity index (χ0v) is 11.2. The van der Waals surface area contributed by atoms with Gasteiger partial charge in [-0.05, 0) is 35.4 Å². The summed E-state index contributed by atoms with van der Waals surface area (Å²) in [4.78, 5) is 1.35. The second kappa shape index (κ2) is 4.14. The first-order valence-corrected chi connectivity index (χ1v) is 7.51. The number of aromatic hydroxyl groups is 1. The van der Waals surface area contributed by atoms with Crippen LogP contribution < -0.4 is 5.32 Å². The van der Waals surface area contributed by atoms with Gasteiger partial charge in [-0.1, -0.05) is 30.4 Å². The monoisotopic (exact) mass is 269 g/mol. The summed E-state index contributed by atoms with van der Waals surface area (Å²) < 4.78 is 0. The lowest BCUT2D eigenvalue weighted by Gasteiger charge is -2.37. The number of fused-ring (bicyclic) bond motifs is 3. The molecule has 1 aliphatic carbocycles.